The summed E-state index contributed by atoms with van der Waals surface area (Å²) < 4.78 is 5.44. The summed E-state index contributed by atoms with van der Waals surface area (Å²) in [5, 5.41) is 2.98. The lowest BCUT2D eigenvalue weighted by Gasteiger charge is -2.18. The van der Waals surface area contributed by atoms with Crippen LogP contribution in [0.25, 0.3) is 0 Å². The molecule has 0 bridgehead atoms. The van der Waals surface area contributed by atoms with Gasteiger partial charge in [-0.25, -0.2) is 0 Å². The summed E-state index contributed by atoms with van der Waals surface area (Å²) in [7, 11) is 0. The highest BCUT2D eigenvalue weighted by molar-refractivity contribution is 6.25. The number of hydrogen-bond acceptors (Lipinski definition) is 4. The molecular weight excluding hydrogens is 290 g/mol. The van der Waals surface area contributed by atoms with Crippen molar-refractivity contribution in [3.05, 3.63) is 71.4 Å². The van der Waals surface area contributed by atoms with Gasteiger partial charge in [-0.15, -0.1) is 6.42 Å². The van der Waals surface area contributed by atoms with Crippen molar-refractivity contribution in [1.82, 2.24) is 0 Å². The first-order chi connectivity index (χ1) is 11.2. The predicted octanol–water partition coefficient (Wildman–Crippen LogP) is 3.07. The van der Waals surface area contributed by atoms with Gasteiger partial charge in [0.2, 0.25) is 5.78 Å². The Morgan fingerprint density at radius 2 is 1.70 bits per heavy atom. The van der Waals surface area contributed by atoms with Gasteiger partial charge in [-0.1, -0.05) is 42.3 Å². The first-order valence-electron chi connectivity index (χ1n) is 7.03. The minimum absolute atomic E-state index is 0.119. The fraction of sp³-hybridized carbons (Fsp3) is 0.0526. The van der Waals surface area contributed by atoms with Gasteiger partial charge in [0.1, 0.15) is 12.4 Å². The van der Waals surface area contributed by atoms with E-state index in [0.717, 1.165) is 0 Å². The highest BCUT2D eigenvalue weighted by atomic mass is 16.5. The lowest BCUT2D eigenvalue weighted by Crippen LogP contribution is -2.21. The zero-order chi connectivity index (χ0) is 16.2. The molecule has 0 heterocycles. The van der Waals surface area contributed by atoms with E-state index >= 15 is 0 Å². The molecule has 112 valence electrons. The van der Waals surface area contributed by atoms with E-state index in [1.165, 1.54) is 6.08 Å². The van der Waals surface area contributed by atoms with Crippen LogP contribution in [0.15, 0.2) is 60.3 Å². The van der Waals surface area contributed by atoms with Crippen LogP contribution >= 0.6 is 0 Å². The number of anilines is 1. The number of carbonyl (C=O) groups excluding carboxylic acids is 2. The number of fused-ring (bicyclic) bond motifs is 1. The number of rotatable bonds is 4. The Morgan fingerprint density at radius 1 is 1.00 bits per heavy atom. The Bertz CT molecular complexity index is 859. The van der Waals surface area contributed by atoms with Crippen LogP contribution in [0.5, 0.6) is 5.75 Å². The van der Waals surface area contributed by atoms with E-state index in [1.54, 1.807) is 48.5 Å². The largest absolute Gasteiger partial charge is 0.479 e. The standard InChI is InChI=1S/C19H13NO3/c1-2-11-23-18-10-6-5-9-15(18)20-16-12-17(21)13-7-3-4-8-14(13)19(16)22/h1,3-10,12,20H,11H2. The molecule has 1 aliphatic rings. The molecule has 0 radical (unpaired) electrons. The molecule has 4 nitrogen and oxygen atoms in total. The van der Waals surface area contributed by atoms with Crippen molar-refractivity contribution < 1.29 is 14.3 Å². The number of ketones is 2. The Balaban J connectivity index is 1.92. The second-order valence-electron chi connectivity index (χ2n) is 4.91. The monoisotopic (exact) mass is 303 g/mol. The summed E-state index contributed by atoms with van der Waals surface area (Å²) in [5.74, 6) is 2.48. The minimum atomic E-state index is -0.230. The zero-order valence-electron chi connectivity index (χ0n) is 12.2. The van der Waals surface area contributed by atoms with Gasteiger partial charge in [-0.3, -0.25) is 9.59 Å². The number of nitrogens with one attached hydrogen (secondary N) is 1. The van der Waals surface area contributed by atoms with Gasteiger partial charge in [-0.05, 0) is 12.1 Å². The fourth-order valence-corrected chi connectivity index (χ4v) is 2.37. The molecular formula is C19H13NO3. The maximum atomic E-state index is 12.5. The smallest absolute Gasteiger partial charge is 0.210 e. The van der Waals surface area contributed by atoms with Crippen LogP contribution in [-0.4, -0.2) is 18.2 Å². The summed E-state index contributed by atoms with van der Waals surface area (Å²) in [5.41, 5.74) is 1.60. The Morgan fingerprint density at radius 3 is 2.48 bits per heavy atom. The highest BCUT2D eigenvalue weighted by Crippen LogP contribution is 2.28. The third-order valence-corrected chi connectivity index (χ3v) is 3.42. The number of Topliss-reactive ketones (excluding diaryl/α,β-unsaturated/α-hetero) is 1. The number of para-hydroxylation sites is 2. The molecule has 2 aromatic carbocycles. The summed E-state index contributed by atoms with van der Waals surface area (Å²) in [6.07, 6.45) is 6.51. The van der Waals surface area contributed by atoms with Crippen molar-refractivity contribution in [3.8, 4) is 18.1 Å². The Kier molecular flexibility index (Phi) is 3.94. The minimum Gasteiger partial charge on any atom is -0.479 e. The molecule has 2 aromatic rings. The quantitative estimate of drug-likeness (QED) is 0.882. The third-order valence-electron chi connectivity index (χ3n) is 3.42. The molecule has 23 heavy (non-hydrogen) atoms. The van der Waals surface area contributed by atoms with E-state index < -0.39 is 0 Å². The van der Waals surface area contributed by atoms with Crippen LogP contribution in [0.4, 0.5) is 5.69 Å². The zero-order valence-corrected chi connectivity index (χ0v) is 12.2. The summed E-state index contributed by atoms with van der Waals surface area (Å²) in [6.45, 7) is 0.119. The van der Waals surface area contributed by atoms with Crippen LogP contribution in [0, 0.1) is 12.3 Å². The maximum absolute atomic E-state index is 12.5. The molecule has 1 N–H and O–H groups in total. The van der Waals surface area contributed by atoms with E-state index in [-0.39, 0.29) is 23.9 Å². The molecule has 4 heteroatoms. The van der Waals surface area contributed by atoms with Gasteiger partial charge in [0.15, 0.2) is 5.78 Å². The lowest BCUT2D eigenvalue weighted by molar-refractivity contribution is 0.0985. The molecule has 3 rings (SSSR count). The molecule has 0 spiro atoms. The first kappa shape index (κ1) is 14.6. The summed E-state index contributed by atoms with van der Waals surface area (Å²) >= 11 is 0. The van der Waals surface area contributed by atoms with Crippen LogP contribution in [0.3, 0.4) is 0 Å². The summed E-state index contributed by atoms with van der Waals surface area (Å²) in [6, 6.07) is 13.9. The average Bonchev–Trinajstić information content (AvgIpc) is 2.58. The van der Waals surface area contributed by atoms with Crippen molar-refractivity contribution in [2.75, 3.05) is 11.9 Å². The second-order valence-corrected chi connectivity index (χ2v) is 4.91. The van der Waals surface area contributed by atoms with Crippen LogP contribution in [-0.2, 0) is 0 Å². The topological polar surface area (TPSA) is 55.4 Å². The molecule has 0 amide bonds. The van der Waals surface area contributed by atoms with Gasteiger partial charge < -0.3 is 10.1 Å². The van der Waals surface area contributed by atoms with Crippen LogP contribution in [0.2, 0.25) is 0 Å². The first-order valence-corrected chi connectivity index (χ1v) is 7.03. The van der Waals surface area contributed by atoms with Crippen LogP contribution < -0.4 is 10.1 Å². The van der Waals surface area contributed by atoms with E-state index in [4.69, 9.17) is 11.2 Å². The molecule has 0 saturated carbocycles. The van der Waals surface area contributed by atoms with E-state index in [2.05, 4.69) is 11.2 Å². The fourth-order valence-electron chi connectivity index (χ4n) is 2.37. The van der Waals surface area contributed by atoms with Crippen molar-refractivity contribution in [3.63, 3.8) is 0 Å². The molecule has 0 aromatic heterocycles. The number of ether oxygens (including phenoxy) is 1. The lowest BCUT2D eigenvalue weighted by atomic mass is 9.92. The predicted molar refractivity (Wildman–Crippen MR) is 87.6 cm³/mol. The number of hydrogen-bond donors (Lipinski definition) is 1. The van der Waals surface area contributed by atoms with Crippen molar-refractivity contribution >= 4 is 17.3 Å². The van der Waals surface area contributed by atoms with Gasteiger partial charge in [0, 0.05) is 17.2 Å². The molecule has 0 atom stereocenters. The van der Waals surface area contributed by atoms with Gasteiger partial charge in [-0.2, -0.15) is 0 Å². The van der Waals surface area contributed by atoms with E-state index in [1.807, 2.05) is 0 Å². The average molecular weight is 303 g/mol. The number of allylic oxidation sites excluding steroid dienone is 2. The third kappa shape index (κ3) is 2.85. The Hall–Kier alpha value is -3.32. The molecule has 0 aliphatic heterocycles. The summed E-state index contributed by atoms with van der Waals surface area (Å²) in [4.78, 5) is 24.7. The van der Waals surface area contributed by atoms with Gasteiger partial charge >= 0.3 is 0 Å². The number of carbonyl (C=O) groups is 2. The molecule has 0 unspecified atom stereocenters. The number of benzene rings is 2. The Labute approximate surface area is 133 Å². The second kappa shape index (κ2) is 6.20. The van der Waals surface area contributed by atoms with E-state index in [9.17, 15) is 9.59 Å². The van der Waals surface area contributed by atoms with Crippen molar-refractivity contribution in [2.24, 2.45) is 0 Å². The normalized spacial score (nSPS) is 12.9. The SMILES string of the molecule is C#CCOc1ccccc1NC1=CC(=O)c2ccccc2C1=O. The van der Waals surface area contributed by atoms with Gasteiger partial charge in [0.05, 0.1) is 11.4 Å². The highest BCUT2D eigenvalue weighted by Gasteiger charge is 2.25. The van der Waals surface area contributed by atoms with E-state index in [0.29, 0.717) is 22.6 Å². The van der Waals surface area contributed by atoms with Crippen LogP contribution in [0.1, 0.15) is 20.7 Å². The molecule has 0 fully saturated rings. The van der Waals surface area contributed by atoms with Gasteiger partial charge in [0.25, 0.3) is 0 Å². The molecule has 1 aliphatic carbocycles. The maximum Gasteiger partial charge on any atom is 0.210 e. The molecule has 0 saturated heterocycles. The number of terminal acetylenes is 1. The van der Waals surface area contributed by atoms with Crippen molar-refractivity contribution in [1.29, 1.82) is 0 Å². The van der Waals surface area contributed by atoms with Crippen molar-refractivity contribution in [2.45, 2.75) is 0 Å².